The summed E-state index contributed by atoms with van der Waals surface area (Å²) in [4.78, 5) is 48.9. The van der Waals surface area contributed by atoms with Gasteiger partial charge in [-0.3, -0.25) is 14.4 Å². The summed E-state index contributed by atoms with van der Waals surface area (Å²) in [6.07, 6.45) is 3.71. The Morgan fingerprint density at radius 1 is 0.806 bits per heavy atom. The molecule has 3 amide bonds. The van der Waals surface area contributed by atoms with Gasteiger partial charge in [-0.2, -0.15) is 0 Å². The van der Waals surface area contributed by atoms with Crippen molar-refractivity contribution in [1.82, 2.24) is 16.0 Å². The van der Waals surface area contributed by atoms with Crippen LogP contribution in [0.25, 0.3) is 0 Å². The largest absolute Gasteiger partial charge is 0.480 e. The molecule has 0 saturated carbocycles. The summed E-state index contributed by atoms with van der Waals surface area (Å²) in [6.45, 7) is 4.18. The molecule has 10 N–H and O–H groups in total. The van der Waals surface area contributed by atoms with E-state index in [0.717, 1.165) is 0 Å². The Kier molecular flexibility index (Phi) is 15.3. The molecule has 0 spiro atoms. The first kappa shape index (κ1) is 28.8. The van der Waals surface area contributed by atoms with Gasteiger partial charge in [0.15, 0.2) is 0 Å². The summed E-state index contributed by atoms with van der Waals surface area (Å²) in [6, 6.07) is -2.88. The molecule has 11 heteroatoms. The molecule has 0 heterocycles. The zero-order valence-electron chi connectivity index (χ0n) is 18.7. The quantitative estimate of drug-likeness (QED) is 0.135. The van der Waals surface area contributed by atoms with Gasteiger partial charge in [-0.05, 0) is 57.5 Å². The first-order valence-electron chi connectivity index (χ1n) is 10.9. The number of aliphatic carboxylic acids is 1. The number of nitrogens with two attached hydrogens (primary N) is 3. The number of hydrogen-bond donors (Lipinski definition) is 7. The van der Waals surface area contributed by atoms with Crippen LogP contribution in [0.1, 0.15) is 58.8 Å². The third kappa shape index (κ3) is 11.7. The van der Waals surface area contributed by atoms with E-state index in [-0.39, 0.29) is 12.5 Å². The highest BCUT2D eigenvalue weighted by atomic mass is 16.4. The first-order valence-corrected chi connectivity index (χ1v) is 10.9. The van der Waals surface area contributed by atoms with Crippen molar-refractivity contribution < 1.29 is 24.3 Å². The third-order valence-electron chi connectivity index (χ3n) is 5.14. The summed E-state index contributed by atoms with van der Waals surface area (Å²) in [5.41, 5.74) is 16.4. The predicted molar refractivity (Wildman–Crippen MR) is 118 cm³/mol. The number of nitrogens with one attached hydrogen (secondary N) is 3. The van der Waals surface area contributed by atoms with Gasteiger partial charge in [0.1, 0.15) is 18.1 Å². The van der Waals surface area contributed by atoms with E-state index in [4.69, 9.17) is 17.2 Å². The van der Waals surface area contributed by atoms with E-state index in [9.17, 15) is 24.3 Å². The molecule has 0 aromatic rings. The SMILES string of the molecule is CCC(C)C(NC(=O)C(CCCCN)NC(=O)C(CCCCN)NC(=O)CN)C(=O)O. The van der Waals surface area contributed by atoms with E-state index in [1.165, 1.54) is 0 Å². The van der Waals surface area contributed by atoms with Crippen LogP contribution in [0.5, 0.6) is 0 Å². The van der Waals surface area contributed by atoms with Crippen LogP contribution in [-0.2, 0) is 19.2 Å². The Morgan fingerprint density at radius 2 is 1.29 bits per heavy atom. The minimum Gasteiger partial charge on any atom is -0.480 e. The van der Waals surface area contributed by atoms with E-state index in [0.29, 0.717) is 58.0 Å². The smallest absolute Gasteiger partial charge is 0.326 e. The lowest BCUT2D eigenvalue weighted by molar-refractivity contribution is -0.144. The summed E-state index contributed by atoms with van der Waals surface area (Å²) in [5, 5.41) is 17.2. The van der Waals surface area contributed by atoms with Gasteiger partial charge < -0.3 is 38.3 Å². The fourth-order valence-electron chi connectivity index (χ4n) is 2.99. The van der Waals surface area contributed by atoms with Crippen molar-refractivity contribution in [1.29, 1.82) is 0 Å². The van der Waals surface area contributed by atoms with Gasteiger partial charge >= 0.3 is 5.97 Å². The molecule has 0 rings (SSSR count). The number of unbranched alkanes of at least 4 members (excludes halogenated alkanes) is 2. The minimum absolute atomic E-state index is 0.268. The highest BCUT2D eigenvalue weighted by molar-refractivity contribution is 5.93. The average molecular weight is 445 g/mol. The van der Waals surface area contributed by atoms with E-state index >= 15 is 0 Å². The van der Waals surface area contributed by atoms with E-state index in [1.807, 2.05) is 6.92 Å². The van der Waals surface area contributed by atoms with Crippen LogP contribution >= 0.6 is 0 Å². The van der Waals surface area contributed by atoms with E-state index in [2.05, 4.69) is 16.0 Å². The molecule has 4 unspecified atom stereocenters. The van der Waals surface area contributed by atoms with E-state index in [1.54, 1.807) is 6.92 Å². The van der Waals surface area contributed by atoms with Gasteiger partial charge in [0.2, 0.25) is 17.7 Å². The second-order valence-corrected chi connectivity index (χ2v) is 7.66. The average Bonchev–Trinajstić information content (AvgIpc) is 2.74. The third-order valence-corrected chi connectivity index (χ3v) is 5.14. The van der Waals surface area contributed by atoms with Crippen LogP contribution in [0.4, 0.5) is 0 Å². The Balaban J connectivity index is 5.37. The van der Waals surface area contributed by atoms with Crippen LogP contribution in [0.2, 0.25) is 0 Å². The minimum atomic E-state index is -1.13. The summed E-state index contributed by atoms with van der Waals surface area (Å²) < 4.78 is 0. The Bertz CT molecular complexity index is 574. The molecule has 0 fully saturated rings. The Labute approximate surface area is 184 Å². The lowest BCUT2D eigenvalue weighted by Gasteiger charge is -2.26. The second kappa shape index (κ2) is 16.5. The van der Waals surface area contributed by atoms with Crippen LogP contribution in [0.15, 0.2) is 0 Å². The highest BCUT2D eigenvalue weighted by Crippen LogP contribution is 2.10. The molecule has 0 radical (unpaired) electrons. The monoisotopic (exact) mass is 444 g/mol. The molecule has 0 bridgehead atoms. The van der Waals surface area contributed by atoms with Crippen molar-refractivity contribution in [2.24, 2.45) is 23.1 Å². The van der Waals surface area contributed by atoms with Crippen LogP contribution < -0.4 is 33.2 Å². The van der Waals surface area contributed by atoms with Crippen LogP contribution in [-0.4, -0.2) is 66.6 Å². The summed E-state index contributed by atoms with van der Waals surface area (Å²) >= 11 is 0. The molecule has 31 heavy (non-hydrogen) atoms. The van der Waals surface area contributed by atoms with Crippen molar-refractivity contribution in [2.75, 3.05) is 19.6 Å². The van der Waals surface area contributed by atoms with E-state index < -0.39 is 41.8 Å². The fourth-order valence-corrected chi connectivity index (χ4v) is 2.99. The molecule has 4 atom stereocenters. The maximum absolute atomic E-state index is 12.8. The number of carboxylic acid groups (broad SMARTS) is 1. The topological polar surface area (TPSA) is 203 Å². The molecule has 0 saturated heterocycles. The van der Waals surface area contributed by atoms with Gasteiger partial charge in [-0.1, -0.05) is 20.3 Å². The normalized spacial score (nSPS) is 14.7. The van der Waals surface area contributed by atoms with Crippen molar-refractivity contribution in [2.45, 2.75) is 76.9 Å². The van der Waals surface area contributed by atoms with Crippen LogP contribution in [0.3, 0.4) is 0 Å². The molecule has 0 aromatic heterocycles. The Hall–Kier alpha value is -2.24. The summed E-state index contributed by atoms with van der Waals surface area (Å²) in [5.74, 6) is -3.01. The zero-order valence-corrected chi connectivity index (χ0v) is 18.7. The fraction of sp³-hybridized carbons (Fsp3) is 0.800. The molecule has 0 aromatic carbocycles. The number of carbonyl (C=O) groups excluding carboxylic acids is 3. The van der Waals surface area contributed by atoms with Crippen molar-refractivity contribution in [3.63, 3.8) is 0 Å². The van der Waals surface area contributed by atoms with Crippen molar-refractivity contribution in [3.05, 3.63) is 0 Å². The van der Waals surface area contributed by atoms with Gasteiger partial charge in [0.05, 0.1) is 6.54 Å². The Morgan fingerprint density at radius 3 is 1.71 bits per heavy atom. The number of hydrogen-bond acceptors (Lipinski definition) is 7. The molecule has 11 nitrogen and oxygen atoms in total. The predicted octanol–water partition coefficient (Wildman–Crippen LogP) is -1.21. The number of rotatable bonds is 17. The van der Waals surface area contributed by atoms with Gasteiger partial charge in [-0.15, -0.1) is 0 Å². The molecule has 180 valence electrons. The number of amides is 3. The van der Waals surface area contributed by atoms with Gasteiger partial charge in [0.25, 0.3) is 0 Å². The standard InChI is InChI=1S/C20H40N6O5/c1-3-13(2)17(20(30)31)26-19(29)15(9-5-7-11-22)25-18(28)14(8-4-6-10-21)24-16(27)12-23/h13-15,17H,3-12,21-23H2,1-2H3,(H,24,27)(H,25,28)(H,26,29)(H,30,31). The van der Waals surface area contributed by atoms with Crippen LogP contribution in [0, 0.1) is 5.92 Å². The molecule has 0 aliphatic carbocycles. The molecule has 0 aliphatic rings. The molecule has 0 aliphatic heterocycles. The van der Waals surface area contributed by atoms with Gasteiger partial charge in [0, 0.05) is 0 Å². The lowest BCUT2D eigenvalue weighted by Crippen LogP contribution is -2.57. The lowest BCUT2D eigenvalue weighted by atomic mass is 9.98. The first-order chi connectivity index (χ1) is 14.7. The number of carboxylic acids is 1. The number of carbonyl (C=O) groups is 4. The maximum Gasteiger partial charge on any atom is 0.326 e. The van der Waals surface area contributed by atoms with Crippen molar-refractivity contribution >= 4 is 23.7 Å². The molecular weight excluding hydrogens is 404 g/mol. The molecular formula is C20H40N6O5. The maximum atomic E-state index is 12.8. The zero-order chi connectivity index (χ0) is 23.8. The van der Waals surface area contributed by atoms with Crippen molar-refractivity contribution in [3.8, 4) is 0 Å². The summed E-state index contributed by atoms with van der Waals surface area (Å²) in [7, 11) is 0. The highest BCUT2D eigenvalue weighted by Gasteiger charge is 2.31. The van der Waals surface area contributed by atoms with Gasteiger partial charge in [-0.25, -0.2) is 4.79 Å². The second-order valence-electron chi connectivity index (χ2n) is 7.66.